The van der Waals surface area contributed by atoms with Crippen molar-refractivity contribution in [2.75, 3.05) is 18.6 Å². The number of anilines is 1. The quantitative estimate of drug-likeness (QED) is 0.804. The summed E-state index contributed by atoms with van der Waals surface area (Å²) >= 11 is 0. The first-order valence-corrected chi connectivity index (χ1v) is 7.91. The fourth-order valence-corrected chi connectivity index (χ4v) is 3.25. The van der Waals surface area contributed by atoms with Gasteiger partial charge in [-0.2, -0.15) is 5.10 Å². The average molecular weight is 304 g/mol. The van der Waals surface area contributed by atoms with Crippen LogP contribution < -0.4 is 4.90 Å². The molecule has 1 aromatic heterocycles. The molecule has 4 heteroatoms. The Kier molecular flexibility index (Phi) is 3.60. The summed E-state index contributed by atoms with van der Waals surface area (Å²) in [6.45, 7) is 2.75. The van der Waals surface area contributed by atoms with Crippen LogP contribution >= 0.6 is 0 Å². The summed E-state index contributed by atoms with van der Waals surface area (Å²) in [4.78, 5) is 4.66. The van der Waals surface area contributed by atoms with Crippen LogP contribution in [-0.2, 0) is 13.1 Å². The molecule has 2 aromatic carbocycles. The van der Waals surface area contributed by atoms with Crippen molar-refractivity contribution in [3.05, 3.63) is 71.8 Å². The fourth-order valence-electron chi connectivity index (χ4n) is 3.25. The molecule has 0 radical (unpaired) electrons. The Morgan fingerprint density at radius 2 is 1.70 bits per heavy atom. The predicted octanol–water partition coefficient (Wildman–Crippen LogP) is 3.49. The Hall–Kier alpha value is -2.59. The normalized spacial score (nSPS) is 14.7. The molecule has 0 amide bonds. The summed E-state index contributed by atoms with van der Waals surface area (Å²) in [6.07, 6.45) is 0. The zero-order chi connectivity index (χ0) is 15.6. The Bertz CT molecular complexity index is 780. The molecule has 1 N–H and O–H groups in total. The zero-order valence-corrected chi connectivity index (χ0v) is 13.2. The third kappa shape index (κ3) is 2.73. The molecular formula is C19H20N4. The molecule has 0 saturated heterocycles. The summed E-state index contributed by atoms with van der Waals surface area (Å²) in [7, 11) is 2.10. The van der Waals surface area contributed by atoms with Crippen molar-refractivity contribution in [3.63, 3.8) is 0 Å². The zero-order valence-electron chi connectivity index (χ0n) is 13.2. The molecular weight excluding hydrogens is 284 g/mol. The third-order valence-corrected chi connectivity index (χ3v) is 4.31. The van der Waals surface area contributed by atoms with E-state index in [4.69, 9.17) is 0 Å². The number of hydrogen-bond donors (Lipinski definition) is 1. The second-order valence-corrected chi connectivity index (χ2v) is 6.08. The van der Waals surface area contributed by atoms with Gasteiger partial charge in [0, 0.05) is 25.7 Å². The molecule has 0 spiro atoms. The Balaban J connectivity index is 1.64. The first kappa shape index (κ1) is 14.0. The van der Waals surface area contributed by atoms with E-state index in [2.05, 4.69) is 81.6 Å². The Labute approximate surface area is 136 Å². The van der Waals surface area contributed by atoms with Crippen LogP contribution in [0.5, 0.6) is 0 Å². The van der Waals surface area contributed by atoms with Crippen LogP contribution in [0.2, 0.25) is 0 Å². The minimum Gasteiger partial charge on any atom is -0.345 e. The minimum atomic E-state index is 0.890. The van der Waals surface area contributed by atoms with Gasteiger partial charge in [0.25, 0.3) is 0 Å². The van der Waals surface area contributed by atoms with Gasteiger partial charge in [-0.1, -0.05) is 60.7 Å². The number of hydrogen-bond acceptors (Lipinski definition) is 3. The molecule has 0 saturated carbocycles. The van der Waals surface area contributed by atoms with E-state index in [1.54, 1.807) is 0 Å². The molecule has 0 atom stereocenters. The maximum Gasteiger partial charge on any atom is 0.156 e. The van der Waals surface area contributed by atoms with E-state index in [-0.39, 0.29) is 0 Å². The lowest BCUT2D eigenvalue weighted by Gasteiger charge is -2.33. The Morgan fingerprint density at radius 3 is 2.43 bits per heavy atom. The monoisotopic (exact) mass is 304 g/mol. The van der Waals surface area contributed by atoms with Crippen LogP contribution in [0, 0.1) is 0 Å². The highest BCUT2D eigenvalue weighted by Crippen LogP contribution is 2.33. The summed E-state index contributed by atoms with van der Waals surface area (Å²) in [5.41, 5.74) is 4.94. The topological polar surface area (TPSA) is 35.2 Å². The lowest BCUT2D eigenvalue weighted by molar-refractivity contribution is 0.248. The molecule has 0 aliphatic carbocycles. The van der Waals surface area contributed by atoms with Gasteiger partial charge in [0.15, 0.2) is 5.82 Å². The number of benzene rings is 2. The molecule has 4 nitrogen and oxygen atoms in total. The minimum absolute atomic E-state index is 0.890. The molecule has 2 heterocycles. The first-order valence-electron chi connectivity index (χ1n) is 7.91. The van der Waals surface area contributed by atoms with E-state index < -0.39 is 0 Å². The van der Waals surface area contributed by atoms with Crippen LogP contribution in [0.15, 0.2) is 60.7 Å². The van der Waals surface area contributed by atoms with E-state index in [0.717, 1.165) is 31.3 Å². The standard InChI is InChI=1S/C19H20N4/c1-22-14-23(12-15-8-4-2-5-9-15)13-17-18(20-21-19(17)22)16-10-6-3-7-11-16/h2-11H,12-14H2,1H3,(H,20,21). The number of nitrogens with zero attached hydrogens (tertiary/aromatic N) is 3. The van der Waals surface area contributed by atoms with Crippen molar-refractivity contribution >= 4 is 5.82 Å². The van der Waals surface area contributed by atoms with Gasteiger partial charge in [0.2, 0.25) is 0 Å². The maximum atomic E-state index is 4.53. The van der Waals surface area contributed by atoms with E-state index in [0.29, 0.717) is 0 Å². The smallest absolute Gasteiger partial charge is 0.156 e. The predicted molar refractivity (Wildman–Crippen MR) is 93.0 cm³/mol. The van der Waals surface area contributed by atoms with Crippen molar-refractivity contribution in [2.24, 2.45) is 0 Å². The number of H-pyrrole nitrogens is 1. The number of rotatable bonds is 3. The van der Waals surface area contributed by atoms with Crippen LogP contribution in [0.25, 0.3) is 11.3 Å². The van der Waals surface area contributed by atoms with Crippen molar-refractivity contribution in [1.82, 2.24) is 15.1 Å². The molecule has 0 unspecified atom stereocenters. The van der Waals surface area contributed by atoms with Crippen molar-refractivity contribution < 1.29 is 0 Å². The highest BCUT2D eigenvalue weighted by molar-refractivity contribution is 5.69. The van der Waals surface area contributed by atoms with Gasteiger partial charge < -0.3 is 4.90 Å². The van der Waals surface area contributed by atoms with E-state index in [9.17, 15) is 0 Å². The van der Waals surface area contributed by atoms with Gasteiger partial charge in [-0.25, -0.2) is 0 Å². The Morgan fingerprint density at radius 1 is 1.00 bits per heavy atom. The number of nitrogens with one attached hydrogen (secondary N) is 1. The maximum absolute atomic E-state index is 4.53. The summed E-state index contributed by atoms with van der Waals surface area (Å²) < 4.78 is 0. The third-order valence-electron chi connectivity index (χ3n) is 4.31. The van der Waals surface area contributed by atoms with E-state index >= 15 is 0 Å². The van der Waals surface area contributed by atoms with Gasteiger partial charge in [-0.05, 0) is 11.1 Å². The second-order valence-electron chi connectivity index (χ2n) is 6.08. The van der Waals surface area contributed by atoms with Crippen molar-refractivity contribution in [2.45, 2.75) is 13.1 Å². The van der Waals surface area contributed by atoms with E-state index in [1.165, 1.54) is 16.7 Å². The van der Waals surface area contributed by atoms with Crippen LogP contribution in [0.3, 0.4) is 0 Å². The first-order chi connectivity index (χ1) is 11.3. The van der Waals surface area contributed by atoms with Gasteiger partial charge in [-0.3, -0.25) is 10.00 Å². The number of aromatic nitrogens is 2. The molecule has 23 heavy (non-hydrogen) atoms. The molecule has 3 aromatic rings. The van der Waals surface area contributed by atoms with Crippen LogP contribution in [0.1, 0.15) is 11.1 Å². The number of aromatic amines is 1. The highest BCUT2D eigenvalue weighted by atomic mass is 15.4. The second kappa shape index (κ2) is 5.89. The average Bonchev–Trinajstić information content (AvgIpc) is 3.01. The molecule has 4 rings (SSSR count). The van der Waals surface area contributed by atoms with Crippen molar-refractivity contribution in [1.29, 1.82) is 0 Å². The SMILES string of the molecule is CN1CN(Cc2ccccc2)Cc2c1n[nH]c2-c1ccccc1. The molecule has 0 bridgehead atoms. The van der Waals surface area contributed by atoms with E-state index in [1.807, 2.05) is 6.07 Å². The highest BCUT2D eigenvalue weighted by Gasteiger charge is 2.26. The van der Waals surface area contributed by atoms with Gasteiger partial charge in [0.1, 0.15) is 0 Å². The van der Waals surface area contributed by atoms with Gasteiger partial charge in [-0.15, -0.1) is 0 Å². The molecule has 1 aliphatic rings. The van der Waals surface area contributed by atoms with Crippen LogP contribution in [0.4, 0.5) is 5.82 Å². The lowest BCUT2D eigenvalue weighted by atomic mass is 10.1. The fraction of sp³-hybridized carbons (Fsp3) is 0.211. The summed E-state index contributed by atoms with van der Waals surface area (Å²) in [5.74, 6) is 1.06. The van der Waals surface area contributed by atoms with Gasteiger partial charge >= 0.3 is 0 Å². The molecule has 1 aliphatic heterocycles. The van der Waals surface area contributed by atoms with Crippen molar-refractivity contribution in [3.8, 4) is 11.3 Å². The molecule has 116 valence electrons. The largest absolute Gasteiger partial charge is 0.345 e. The summed E-state index contributed by atoms with van der Waals surface area (Å²) in [6, 6.07) is 21.1. The summed E-state index contributed by atoms with van der Waals surface area (Å²) in [5, 5.41) is 7.76. The lowest BCUT2D eigenvalue weighted by Crippen LogP contribution is -2.39. The van der Waals surface area contributed by atoms with Gasteiger partial charge in [0.05, 0.1) is 12.4 Å². The van der Waals surface area contributed by atoms with Crippen LogP contribution in [-0.4, -0.2) is 28.8 Å². The molecule has 0 fully saturated rings. The number of fused-ring (bicyclic) bond motifs is 1.